The minimum Gasteiger partial charge on any atom is -0.394 e. The Morgan fingerprint density at radius 1 is 0.471 bits per heavy atom. The van der Waals surface area contributed by atoms with E-state index < -0.39 is 18.2 Å². The van der Waals surface area contributed by atoms with Gasteiger partial charge in [-0.15, -0.1) is 0 Å². The molecule has 0 aromatic carbocycles. The van der Waals surface area contributed by atoms with Crippen LogP contribution in [-0.4, -0.2) is 46.1 Å². The summed E-state index contributed by atoms with van der Waals surface area (Å²) in [4.78, 5) is 12.4. The van der Waals surface area contributed by atoms with Gasteiger partial charge in [0.1, 0.15) is 6.10 Å². The average Bonchev–Trinajstić information content (AvgIpc) is 3.13. The van der Waals surface area contributed by atoms with Gasteiger partial charge >= 0.3 is 0 Å². The van der Waals surface area contributed by atoms with Gasteiger partial charge in [0.25, 0.3) is 0 Å². The standard InChI is InChI=1S/C46H89NO4/c1-3-5-7-9-11-13-15-17-19-21-23-25-27-29-31-33-35-37-39-41-45(50)47-43(42-48)46(51)44(49)40-38-36-34-32-30-28-26-24-22-20-18-16-14-12-10-8-6-4-2/h24,26,32,34,43-44,46,48-49,51H,3-23,25,27-31,33,35-42H2,1-2H3,(H,47,50)/b26-24+,34-32+. The summed E-state index contributed by atoms with van der Waals surface area (Å²) < 4.78 is 0. The van der Waals surface area contributed by atoms with E-state index in [0.29, 0.717) is 12.8 Å². The normalized spacial score (nSPS) is 13.7. The molecule has 0 fully saturated rings. The fourth-order valence-electron chi connectivity index (χ4n) is 7.00. The van der Waals surface area contributed by atoms with Crippen LogP contribution in [0.4, 0.5) is 0 Å². The maximum atomic E-state index is 12.4. The van der Waals surface area contributed by atoms with E-state index in [1.165, 1.54) is 167 Å². The quantitative estimate of drug-likeness (QED) is 0.0374. The first-order valence-corrected chi connectivity index (χ1v) is 22.6. The predicted molar refractivity (Wildman–Crippen MR) is 222 cm³/mol. The van der Waals surface area contributed by atoms with Crippen molar-refractivity contribution in [3.63, 3.8) is 0 Å². The minimum absolute atomic E-state index is 0.155. The lowest BCUT2D eigenvalue weighted by atomic mass is 10.0. The summed E-state index contributed by atoms with van der Waals surface area (Å²) in [6.07, 6.45) is 50.0. The van der Waals surface area contributed by atoms with Crippen molar-refractivity contribution in [2.24, 2.45) is 0 Å². The van der Waals surface area contributed by atoms with E-state index in [9.17, 15) is 20.1 Å². The maximum Gasteiger partial charge on any atom is 0.220 e. The Balaban J connectivity index is 3.66. The van der Waals surface area contributed by atoms with Crippen LogP contribution < -0.4 is 5.32 Å². The van der Waals surface area contributed by atoms with Crippen LogP contribution in [0.15, 0.2) is 24.3 Å². The van der Waals surface area contributed by atoms with Gasteiger partial charge in [0, 0.05) is 6.42 Å². The van der Waals surface area contributed by atoms with Crippen LogP contribution in [0.2, 0.25) is 0 Å². The molecule has 0 rings (SSSR count). The summed E-state index contributed by atoms with van der Waals surface area (Å²) in [5.74, 6) is -0.155. The second kappa shape index (κ2) is 41.6. The number of allylic oxidation sites excluding steroid dienone is 4. The van der Waals surface area contributed by atoms with E-state index in [-0.39, 0.29) is 12.5 Å². The Labute approximate surface area is 318 Å². The van der Waals surface area contributed by atoms with Gasteiger partial charge in [0.15, 0.2) is 0 Å². The van der Waals surface area contributed by atoms with Crippen molar-refractivity contribution >= 4 is 5.91 Å². The van der Waals surface area contributed by atoms with E-state index >= 15 is 0 Å². The van der Waals surface area contributed by atoms with Crippen molar-refractivity contribution in [3.8, 4) is 0 Å². The number of aliphatic hydroxyl groups excluding tert-OH is 3. The summed E-state index contributed by atoms with van der Waals surface area (Å²) in [6, 6.07) is -0.828. The Hall–Kier alpha value is -1.17. The number of carbonyl (C=O) groups is 1. The Bertz CT molecular complexity index is 754. The van der Waals surface area contributed by atoms with Gasteiger partial charge in [-0.3, -0.25) is 4.79 Å². The molecule has 0 heterocycles. The van der Waals surface area contributed by atoms with E-state index in [1.54, 1.807) is 0 Å². The van der Waals surface area contributed by atoms with Gasteiger partial charge in [-0.25, -0.2) is 0 Å². The van der Waals surface area contributed by atoms with E-state index in [4.69, 9.17) is 0 Å². The molecule has 0 radical (unpaired) electrons. The number of nitrogens with one attached hydrogen (secondary N) is 1. The fourth-order valence-corrected chi connectivity index (χ4v) is 7.00. The molecule has 0 aliphatic rings. The van der Waals surface area contributed by atoms with E-state index in [2.05, 4.69) is 43.5 Å². The number of hydrogen-bond acceptors (Lipinski definition) is 4. The van der Waals surface area contributed by atoms with Gasteiger partial charge in [-0.05, 0) is 51.4 Å². The Morgan fingerprint density at radius 3 is 1.20 bits per heavy atom. The number of unbranched alkanes of at least 4 members (excludes halogenated alkanes) is 29. The molecule has 51 heavy (non-hydrogen) atoms. The zero-order valence-corrected chi connectivity index (χ0v) is 34.2. The molecule has 3 unspecified atom stereocenters. The lowest BCUT2D eigenvalue weighted by Gasteiger charge is -2.26. The third kappa shape index (κ3) is 37.0. The van der Waals surface area contributed by atoms with Gasteiger partial charge in [-0.1, -0.05) is 205 Å². The molecule has 0 aromatic rings. The number of carbonyl (C=O) groups excluding carboxylic acids is 1. The monoisotopic (exact) mass is 720 g/mol. The molecule has 0 saturated heterocycles. The summed E-state index contributed by atoms with van der Waals surface area (Å²) in [5, 5.41) is 33.5. The largest absolute Gasteiger partial charge is 0.394 e. The first-order chi connectivity index (χ1) is 25.1. The van der Waals surface area contributed by atoms with Gasteiger partial charge in [0.05, 0.1) is 18.8 Å². The van der Waals surface area contributed by atoms with Crippen LogP contribution in [0.3, 0.4) is 0 Å². The van der Waals surface area contributed by atoms with Crippen molar-refractivity contribution in [3.05, 3.63) is 24.3 Å². The summed E-state index contributed by atoms with van der Waals surface area (Å²) in [7, 11) is 0. The van der Waals surface area contributed by atoms with Crippen LogP contribution in [-0.2, 0) is 4.79 Å². The molecule has 0 aromatic heterocycles. The summed E-state index contributed by atoms with van der Waals surface area (Å²) in [5.41, 5.74) is 0. The zero-order valence-electron chi connectivity index (χ0n) is 34.2. The van der Waals surface area contributed by atoms with Crippen molar-refractivity contribution < 1.29 is 20.1 Å². The third-order valence-corrected chi connectivity index (χ3v) is 10.5. The van der Waals surface area contributed by atoms with Gasteiger partial charge in [0.2, 0.25) is 5.91 Å². The highest BCUT2D eigenvalue weighted by atomic mass is 16.3. The summed E-state index contributed by atoms with van der Waals surface area (Å²) >= 11 is 0. The molecule has 5 heteroatoms. The molecule has 302 valence electrons. The molecule has 1 amide bonds. The second-order valence-corrected chi connectivity index (χ2v) is 15.6. The topological polar surface area (TPSA) is 89.8 Å². The number of amides is 1. The highest BCUT2D eigenvalue weighted by Crippen LogP contribution is 2.16. The molecular weight excluding hydrogens is 631 g/mol. The summed E-state index contributed by atoms with van der Waals surface area (Å²) in [6.45, 7) is 4.17. The highest BCUT2D eigenvalue weighted by Gasteiger charge is 2.26. The number of aliphatic hydroxyl groups is 3. The molecule has 3 atom stereocenters. The zero-order chi connectivity index (χ0) is 37.3. The molecule has 0 bridgehead atoms. The van der Waals surface area contributed by atoms with Gasteiger partial charge in [-0.2, -0.15) is 0 Å². The molecular formula is C46H89NO4. The van der Waals surface area contributed by atoms with Crippen LogP contribution in [0.1, 0.15) is 239 Å². The Morgan fingerprint density at radius 2 is 0.804 bits per heavy atom. The van der Waals surface area contributed by atoms with Crippen molar-refractivity contribution in [2.45, 2.75) is 257 Å². The predicted octanol–water partition coefficient (Wildman–Crippen LogP) is 13.0. The van der Waals surface area contributed by atoms with Crippen molar-refractivity contribution in [1.82, 2.24) is 5.32 Å². The first kappa shape index (κ1) is 49.8. The second-order valence-electron chi connectivity index (χ2n) is 15.6. The fraction of sp³-hybridized carbons (Fsp3) is 0.891. The number of rotatable bonds is 41. The van der Waals surface area contributed by atoms with Crippen molar-refractivity contribution in [2.75, 3.05) is 6.61 Å². The van der Waals surface area contributed by atoms with E-state index in [0.717, 1.165) is 44.9 Å². The third-order valence-electron chi connectivity index (χ3n) is 10.5. The minimum atomic E-state index is -1.16. The van der Waals surface area contributed by atoms with Gasteiger partial charge < -0.3 is 20.6 Å². The molecule has 0 saturated carbocycles. The molecule has 0 aliphatic carbocycles. The highest BCUT2D eigenvalue weighted by molar-refractivity contribution is 5.76. The molecule has 5 nitrogen and oxygen atoms in total. The SMILES string of the molecule is CCCCCCCCCCC/C=C/CC/C=C/CCCC(O)C(O)C(CO)NC(=O)CCCCCCCCCCCCCCCCCCCCC. The molecule has 4 N–H and O–H groups in total. The number of hydrogen-bond donors (Lipinski definition) is 4. The van der Waals surface area contributed by atoms with Crippen LogP contribution in [0.25, 0.3) is 0 Å². The first-order valence-electron chi connectivity index (χ1n) is 22.6. The Kier molecular flexibility index (Phi) is 40.6. The van der Waals surface area contributed by atoms with Crippen LogP contribution >= 0.6 is 0 Å². The lowest BCUT2D eigenvalue weighted by Crippen LogP contribution is -2.50. The molecule has 0 aliphatic heterocycles. The smallest absolute Gasteiger partial charge is 0.220 e. The van der Waals surface area contributed by atoms with Crippen LogP contribution in [0, 0.1) is 0 Å². The van der Waals surface area contributed by atoms with Crippen LogP contribution in [0.5, 0.6) is 0 Å². The van der Waals surface area contributed by atoms with E-state index in [1.807, 2.05) is 0 Å². The maximum absolute atomic E-state index is 12.4. The lowest BCUT2D eigenvalue weighted by molar-refractivity contribution is -0.124. The average molecular weight is 720 g/mol. The molecule has 0 spiro atoms. The van der Waals surface area contributed by atoms with Crippen molar-refractivity contribution in [1.29, 1.82) is 0 Å².